The van der Waals surface area contributed by atoms with Crippen molar-refractivity contribution in [2.45, 2.75) is 51.6 Å². The second-order valence-corrected chi connectivity index (χ2v) is 7.50. The molecule has 1 fully saturated rings. The maximum Gasteiger partial charge on any atom is 0.311 e. The van der Waals surface area contributed by atoms with Crippen molar-refractivity contribution in [1.29, 1.82) is 0 Å². The lowest BCUT2D eigenvalue weighted by Crippen LogP contribution is -2.49. The minimum atomic E-state index is -0.773. The van der Waals surface area contributed by atoms with Gasteiger partial charge in [-0.15, -0.1) is 0 Å². The highest BCUT2D eigenvalue weighted by atomic mass is 19.1. The third-order valence-electron chi connectivity index (χ3n) is 5.47. The number of hydrogen-bond donors (Lipinski definition) is 1. The van der Waals surface area contributed by atoms with Gasteiger partial charge < -0.3 is 14.8 Å². The number of halogens is 1. The zero-order valence-corrected chi connectivity index (χ0v) is 15.3. The molecule has 0 unspecified atom stereocenters. The van der Waals surface area contributed by atoms with E-state index in [1.807, 2.05) is 0 Å². The Kier molecular flexibility index (Phi) is 5.91. The predicted molar refractivity (Wildman–Crippen MR) is 97.7 cm³/mol. The monoisotopic (exact) mass is 362 g/mol. The van der Waals surface area contributed by atoms with Crippen LogP contribution in [0.3, 0.4) is 0 Å². The molecule has 2 aliphatic heterocycles. The largest absolute Gasteiger partial charge is 0.481 e. The summed E-state index contributed by atoms with van der Waals surface area (Å²) >= 11 is 0. The van der Waals surface area contributed by atoms with E-state index in [0.29, 0.717) is 25.8 Å². The van der Waals surface area contributed by atoms with Crippen LogP contribution in [-0.4, -0.2) is 47.4 Å². The van der Waals surface area contributed by atoms with Gasteiger partial charge in [0.15, 0.2) is 0 Å². The third kappa shape index (κ3) is 4.23. The molecular weight excluding hydrogens is 335 g/mol. The van der Waals surface area contributed by atoms with E-state index in [1.54, 1.807) is 12.1 Å². The molecule has 2 aliphatic rings. The highest BCUT2D eigenvalue weighted by molar-refractivity contribution is 6.01. The number of carbonyl (C=O) groups is 1. The molecule has 0 amide bonds. The van der Waals surface area contributed by atoms with Crippen LogP contribution in [0, 0.1) is 11.2 Å². The molecule has 1 N–H and O–H groups in total. The lowest BCUT2D eigenvalue weighted by Gasteiger charge is -2.40. The molecule has 0 bridgehead atoms. The topological polar surface area (TPSA) is 62.1 Å². The Labute approximate surface area is 153 Å². The Hall–Kier alpha value is -1.95. The van der Waals surface area contributed by atoms with Crippen LogP contribution in [0.5, 0.6) is 0 Å². The number of aliphatic carboxylic acids is 1. The van der Waals surface area contributed by atoms with Crippen molar-refractivity contribution in [2.24, 2.45) is 10.6 Å². The fourth-order valence-corrected chi connectivity index (χ4v) is 4.01. The Morgan fingerprint density at radius 3 is 2.88 bits per heavy atom. The van der Waals surface area contributed by atoms with E-state index >= 15 is 0 Å². The highest BCUT2D eigenvalue weighted by Gasteiger charge is 2.45. The van der Waals surface area contributed by atoms with Crippen LogP contribution in [0.25, 0.3) is 0 Å². The van der Waals surface area contributed by atoms with Gasteiger partial charge in [-0.3, -0.25) is 4.79 Å². The van der Waals surface area contributed by atoms with Crippen molar-refractivity contribution in [3.8, 4) is 0 Å². The van der Waals surface area contributed by atoms with E-state index < -0.39 is 11.4 Å². The first kappa shape index (κ1) is 18.8. The smallest absolute Gasteiger partial charge is 0.311 e. The maximum absolute atomic E-state index is 13.1. The molecule has 1 saturated heterocycles. The summed E-state index contributed by atoms with van der Waals surface area (Å²) in [6.45, 7) is 4.65. The molecule has 3 rings (SSSR count). The average molecular weight is 362 g/mol. The quantitative estimate of drug-likeness (QED) is 0.804. The summed E-state index contributed by atoms with van der Waals surface area (Å²) in [6, 6.07) is 6.16. The molecule has 1 aromatic rings. The second kappa shape index (κ2) is 8.16. The Morgan fingerprint density at radius 2 is 2.19 bits per heavy atom. The number of carboxylic acid groups (broad SMARTS) is 1. The molecule has 142 valence electrons. The fraction of sp³-hybridized carbons (Fsp3) is 0.600. The lowest BCUT2D eigenvalue weighted by molar-refractivity contribution is -0.155. The van der Waals surface area contributed by atoms with Crippen LogP contribution < -0.4 is 0 Å². The van der Waals surface area contributed by atoms with Crippen LogP contribution in [-0.2, 0) is 9.63 Å². The molecule has 6 heteroatoms. The van der Waals surface area contributed by atoms with Crippen molar-refractivity contribution in [1.82, 2.24) is 4.90 Å². The summed E-state index contributed by atoms with van der Waals surface area (Å²) in [5.74, 6) is -1.03. The van der Waals surface area contributed by atoms with Crippen LogP contribution >= 0.6 is 0 Å². The summed E-state index contributed by atoms with van der Waals surface area (Å²) in [6.07, 6.45) is 4.56. The zero-order chi connectivity index (χ0) is 18.6. The van der Waals surface area contributed by atoms with E-state index in [2.05, 4.69) is 17.0 Å². The van der Waals surface area contributed by atoms with Gasteiger partial charge in [0, 0.05) is 19.4 Å². The van der Waals surface area contributed by atoms with Crippen molar-refractivity contribution in [3.05, 3.63) is 35.6 Å². The number of benzene rings is 1. The van der Waals surface area contributed by atoms with Gasteiger partial charge in [-0.05, 0) is 50.0 Å². The normalized spacial score (nSPS) is 26.4. The van der Waals surface area contributed by atoms with Crippen LogP contribution in [0.2, 0.25) is 0 Å². The number of oxime groups is 1. The Balaban J connectivity index is 1.64. The van der Waals surface area contributed by atoms with Crippen molar-refractivity contribution < 1.29 is 19.1 Å². The first-order chi connectivity index (χ1) is 12.5. The molecular formula is C20H27FN2O3. The number of carboxylic acids is 1. The van der Waals surface area contributed by atoms with Gasteiger partial charge in [0.1, 0.15) is 11.9 Å². The molecule has 0 aliphatic carbocycles. The summed E-state index contributed by atoms with van der Waals surface area (Å²) in [5.41, 5.74) is 0.811. The van der Waals surface area contributed by atoms with E-state index in [9.17, 15) is 14.3 Å². The molecule has 1 aromatic carbocycles. The van der Waals surface area contributed by atoms with Gasteiger partial charge in [-0.2, -0.15) is 0 Å². The van der Waals surface area contributed by atoms with Crippen LogP contribution in [0.15, 0.2) is 29.4 Å². The van der Waals surface area contributed by atoms with Crippen molar-refractivity contribution >= 4 is 11.7 Å². The molecule has 26 heavy (non-hydrogen) atoms. The molecule has 0 aromatic heterocycles. The summed E-state index contributed by atoms with van der Waals surface area (Å²) < 4.78 is 13.1. The fourth-order valence-electron chi connectivity index (χ4n) is 4.01. The van der Waals surface area contributed by atoms with Crippen molar-refractivity contribution in [2.75, 3.05) is 19.6 Å². The van der Waals surface area contributed by atoms with Gasteiger partial charge >= 0.3 is 5.97 Å². The van der Waals surface area contributed by atoms with E-state index in [0.717, 1.165) is 43.6 Å². The molecule has 5 nitrogen and oxygen atoms in total. The van der Waals surface area contributed by atoms with Gasteiger partial charge in [0.2, 0.25) is 0 Å². The SMILES string of the molecule is CCCCN1CCC[C@@](C[C@@H]2CC(c3ccc(F)cc3)=NO2)(C(=O)O)C1. The molecule has 2 heterocycles. The number of likely N-dealkylation sites (tertiary alicyclic amines) is 1. The van der Waals surface area contributed by atoms with Gasteiger partial charge in [-0.25, -0.2) is 4.39 Å². The molecule has 0 radical (unpaired) electrons. The Bertz CT molecular complexity index is 662. The maximum atomic E-state index is 13.1. The number of piperidine rings is 1. The van der Waals surface area contributed by atoms with Gasteiger partial charge in [0.25, 0.3) is 0 Å². The highest BCUT2D eigenvalue weighted by Crippen LogP contribution is 2.38. The predicted octanol–water partition coefficient (Wildman–Crippen LogP) is 3.68. The average Bonchev–Trinajstić information content (AvgIpc) is 3.09. The molecule has 2 atom stereocenters. The van der Waals surface area contributed by atoms with Crippen molar-refractivity contribution in [3.63, 3.8) is 0 Å². The second-order valence-electron chi connectivity index (χ2n) is 7.50. The zero-order valence-electron chi connectivity index (χ0n) is 15.3. The molecule has 0 saturated carbocycles. The van der Waals surface area contributed by atoms with Gasteiger partial charge in [0.05, 0.1) is 11.1 Å². The summed E-state index contributed by atoms with van der Waals surface area (Å²) in [5, 5.41) is 14.1. The number of nitrogens with zero attached hydrogens (tertiary/aromatic N) is 2. The molecule has 0 spiro atoms. The van der Waals surface area contributed by atoms with E-state index in [1.165, 1.54) is 12.1 Å². The third-order valence-corrected chi connectivity index (χ3v) is 5.47. The number of unbranched alkanes of at least 4 members (excludes halogenated alkanes) is 1. The van der Waals surface area contributed by atoms with Gasteiger partial charge in [-0.1, -0.05) is 30.6 Å². The first-order valence-electron chi connectivity index (χ1n) is 9.47. The van der Waals surface area contributed by atoms with E-state index in [4.69, 9.17) is 4.84 Å². The minimum Gasteiger partial charge on any atom is -0.481 e. The van der Waals surface area contributed by atoms with Crippen LogP contribution in [0.1, 0.15) is 51.0 Å². The van der Waals surface area contributed by atoms with Crippen LogP contribution in [0.4, 0.5) is 4.39 Å². The first-order valence-corrected chi connectivity index (χ1v) is 9.47. The lowest BCUT2D eigenvalue weighted by atomic mass is 9.74. The number of hydrogen-bond acceptors (Lipinski definition) is 4. The number of rotatable bonds is 7. The summed E-state index contributed by atoms with van der Waals surface area (Å²) in [7, 11) is 0. The Morgan fingerprint density at radius 1 is 1.42 bits per heavy atom. The minimum absolute atomic E-state index is 0.239. The summed E-state index contributed by atoms with van der Waals surface area (Å²) in [4.78, 5) is 19.9. The van der Waals surface area contributed by atoms with E-state index in [-0.39, 0.29) is 11.9 Å². The standard InChI is InChI=1S/C20H27FN2O3/c1-2-3-10-23-11-4-9-20(14-23,19(24)25)13-17-12-18(22-26-17)15-5-7-16(21)8-6-15/h5-8,17H,2-4,9-14H2,1H3,(H,24,25)/t17-,20-/m0/s1.